The fourth-order valence-electron chi connectivity index (χ4n) is 2.82. The Bertz CT molecular complexity index is 741. The first kappa shape index (κ1) is 18.7. The van der Waals surface area contributed by atoms with Crippen molar-refractivity contribution in [2.24, 2.45) is 0 Å². The molecule has 0 spiro atoms. The van der Waals surface area contributed by atoms with E-state index in [0.717, 1.165) is 22.4 Å². The minimum absolute atomic E-state index is 0.0282. The number of hydrogen-bond acceptors (Lipinski definition) is 2. The average Bonchev–Trinajstić information content (AvgIpc) is 2.59. The van der Waals surface area contributed by atoms with Gasteiger partial charge in [0.2, 0.25) is 11.8 Å². The summed E-state index contributed by atoms with van der Waals surface area (Å²) in [7, 11) is 1.80. The van der Waals surface area contributed by atoms with E-state index in [4.69, 9.17) is 0 Å². The van der Waals surface area contributed by atoms with Crippen LogP contribution in [0.3, 0.4) is 0 Å². The van der Waals surface area contributed by atoms with E-state index < -0.39 is 0 Å². The topological polar surface area (TPSA) is 40.6 Å². The number of carbonyl (C=O) groups is 2. The van der Waals surface area contributed by atoms with E-state index in [2.05, 4.69) is 0 Å². The van der Waals surface area contributed by atoms with E-state index in [0.29, 0.717) is 19.5 Å². The van der Waals surface area contributed by atoms with Gasteiger partial charge in [-0.15, -0.1) is 0 Å². The molecule has 4 heteroatoms. The summed E-state index contributed by atoms with van der Waals surface area (Å²) >= 11 is 0. The van der Waals surface area contributed by atoms with Crippen molar-refractivity contribution in [3.8, 4) is 0 Å². The maximum Gasteiger partial charge on any atom is 0.224 e. The van der Waals surface area contributed by atoms with Crippen molar-refractivity contribution in [2.75, 3.05) is 18.5 Å². The van der Waals surface area contributed by atoms with Gasteiger partial charge in [0.05, 0.1) is 0 Å². The van der Waals surface area contributed by atoms with Crippen molar-refractivity contribution in [2.45, 2.75) is 33.7 Å². The Morgan fingerprint density at radius 3 is 2.28 bits per heavy atom. The van der Waals surface area contributed by atoms with Gasteiger partial charge in [-0.25, -0.2) is 0 Å². The first-order chi connectivity index (χ1) is 11.9. The summed E-state index contributed by atoms with van der Waals surface area (Å²) in [6.45, 7) is 6.53. The summed E-state index contributed by atoms with van der Waals surface area (Å²) in [6, 6.07) is 15.8. The molecule has 0 bridgehead atoms. The van der Waals surface area contributed by atoms with Crippen molar-refractivity contribution in [1.82, 2.24) is 4.90 Å². The predicted octanol–water partition coefficient (Wildman–Crippen LogP) is 3.71. The third-order valence-electron chi connectivity index (χ3n) is 4.48. The molecular weight excluding hydrogens is 312 g/mol. The monoisotopic (exact) mass is 338 g/mol. The Labute approximate surface area is 150 Å². The van der Waals surface area contributed by atoms with Crippen LogP contribution in [-0.4, -0.2) is 30.3 Å². The molecule has 0 fully saturated rings. The number of hydrogen-bond donors (Lipinski definition) is 0. The highest BCUT2D eigenvalue weighted by atomic mass is 16.2. The molecule has 0 aliphatic heterocycles. The fraction of sp³-hybridized carbons (Fsp3) is 0.333. The number of nitrogens with zero attached hydrogens (tertiary/aromatic N) is 2. The lowest BCUT2D eigenvalue weighted by molar-refractivity contribution is -0.130. The average molecular weight is 338 g/mol. The molecule has 4 nitrogen and oxygen atoms in total. The minimum Gasteiger partial charge on any atom is -0.341 e. The first-order valence-electron chi connectivity index (χ1n) is 8.52. The first-order valence-corrected chi connectivity index (χ1v) is 8.52. The Balaban J connectivity index is 2.02. The van der Waals surface area contributed by atoms with Gasteiger partial charge in [0.25, 0.3) is 0 Å². The predicted molar refractivity (Wildman–Crippen MR) is 101 cm³/mol. The van der Waals surface area contributed by atoms with Crippen molar-refractivity contribution in [3.05, 3.63) is 65.2 Å². The molecule has 0 saturated heterocycles. The molecule has 2 amide bonds. The van der Waals surface area contributed by atoms with E-state index in [1.54, 1.807) is 23.8 Å². The third-order valence-corrected chi connectivity index (χ3v) is 4.48. The number of amides is 2. The number of carbonyl (C=O) groups excluding carboxylic acids is 2. The van der Waals surface area contributed by atoms with E-state index >= 15 is 0 Å². The smallest absolute Gasteiger partial charge is 0.224 e. The number of benzene rings is 2. The van der Waals surface area contributed by atoms with Crippen LogP contribution in [0.1, 0.15) is 30.0 Å². The molecule has 2 rings (SSSR count). The highest BCUT2D eigenvalue weighted by Gasteiger charge is 2.17. The molecule has 0 heterocycles. The Morgan fingerprint density at radius 2 is 1.64 bits per heavy atom. The van der Waals surface area contributed by atoms with E-state index in [9.17, 15) is 9.59 Å². The lowest BCUT2D eigenvalue weighted by atomic mass is 10.1. The second kappa shape index (κ2) is 8.47. The molecule has 0 aromatic heterocycles. The zero-order chi connectivity index (χ0) is 18.4. The van der Waals surface area contributed by atoms with E-state index in [1.165, 1.54) is 0 Å². The second-order valence-electron chi connectivity index (χ2n) is 6.38. The van der Waals surface area contributed by atoms with Crippen molar-refractivity contribution in [3.63, 3.8) is 0 Å². The lowest BCUT2D eigenvalue weighted by Crippen LogP contribution is -2.35. The standard InChI is InChI=1S/C21H26N2O2/c1-16-9-8-12-20(17(16)2)23(18(3)24)14-13-21(25)22(4)15-19-10-6-5-7-11-19/h5-12H,13-15H2,1-4H3. The summed E-state index contributed by atoms with van der Waals surface area (Å²) in [6.07, 6.45) is 0.302. The minimum atomic E-state index is -0.0489. The van der Waals surface area contributed by atoms with Crippen LogP contribution in [0.15, 0.2) is 48.5 Å². The summed E-state index contributed by atoms with van der Waals surface area (Å²) in [5, 5.41) is 0. The van der Waals surface area contributed by atoms with Crippen LogP contribution in [0.4, 0.5) is 5.69 Å². The molecule has 2 aromatic rings. The van der Waals surface area contributed by atoms with Gasteiger partial charge in [0, 0.05) is 39.2 Å². The molecule has 132 valence electrons. The van der Waals surface area contributed by atoms with Crippen LogP contribution >= 0.6 is 0 Å². The molecular formula is C21H26N2O2. The summed E-state index contributed by atoms with van der Waals surface area (Å²) < 4.78 is 0. The van der Waals surface area contributed by atoms with Gasteiger partial charge in [0.1, 0.15) is 0 Å². The number of anilines is 1. The van der Waals surface area contributed by atoms with Crippen molar-refractivity contribution in [1.29, 1.82) is 0 Å². The number of rotatable bonds is 6. The Hall–Kier alpha value is -2.62. The Kier molecular flexibility index (Phi) is 6.34. The van der Waals surface area contributed by atoms with Crippen LogP contribution in [0.2, 0.25) is 0 Å². The van der Waals surface area contributed by atoms with Gasteiger partial charge in [-0.3, -0.25) is 9.59 Å². The Morgan fingerprint density at radius 1 is 0.960 bits per heavy atom. The summed E-state index contributed by atoms with van der Waals surface area (Å²) in [4.78, 5) is 27.9. The van der Waals surface area contributed by atoms with Gasteiger partial charge in [-0.05, 0) is 36.6 Å². The van der Waals surface area contributed by atoms with E-state index in [-0.39, 0.29) is 11.8 Å². The van der Waals surface area contributed by atoms with Crippen LogP contribution < -0.4 is 4.90 Å². The molecule has 0 N–H and O–H groups in total. The van der Waals surface area contributed by atoms with Gasteiger partial charge in [-0.1, -0.05) is 42.5 Å². The maximum absolute atomic E-state index is 12.4. The molecule has 2 aromatic carbocycles. The zero-order valence-electron chi connectivity index (χ0n) is 15.5. The summed E-state index contributed by atoms with van der Waals surface area (Å²) in [5.41, 5.74) is 4.18. The number of aryl methyl sites for hydroxylation is 1. The second-order valence-corrected chi connectivity index (χ2v) is 6.38. The van der Waals surface area contributed by atoms with Gasteiger partial charge in [-0.2, -0.15) is 0 Å². The molecule has 0 atom stereocenters. The molecule has 0 saturated carbocycles. The molecule has 0 unspecified atom stereocenters. The van der Waals surface area contributed by atoms with Crippen LogP contribution in [0.5, 0.6) is 0 Å². The molecule has 0 aliphatic rings. The third kappa shape index (κ3) is 4.92. The van der Waals surface area contributed by atoms with Crippen molar-refractivity contribution >= 4 is 17.5 Å². The quantitative estimate of drug-likeness (QED) is 0.806. The largest absolute Gasteiger partial charge is 0.341 e. The molecule has 25 heavy (non-hydrogen) atoms. The van der Waals surface area contributed by atoms with Crippen LogP contribution in [-0.2, 0) is 16.1 Å². The van der Waals surface area contributed by atoms with Gasteiger partial charge >= 0.3 is 0 Å². The molecule has 0 aliphatic carbocycles. The van der Waals surface area contributed by atoms with Gasteiger partial charge < -0.3 is 9.80 Å². The normalized spacial score (nSPS) is 10.4. The van der Waals surface area contributed by atoms with Crippen LogP contribution in [0.25, 0.3) is 0 Å². The lowest BCUT2D eigenvalue weighted by Gasteiger charge is -2.25. The highest BCUT2D eigenvalue weighted by Crippen LogP contribution is 2.23. The van der Waals surface area contributed by atoms with E-state index in [1.807, 2.05) is 62.4 Å². The fourth-order valence-corrected chi connectivity index (χ4v) is 2.82. The maximum atomic E-state index is 12.4. The van der Waals surface area contributed by atoms with Crippen LogP contribution in [0, 0.1) is 13.8 Å². The van der Waals surface area contributed by atoms with Crippen molar-refractivity contribution < 1.29 is 9.59 Å². The molecule has 0 radical (unpaired) electrons. The SMILES string of the molecule is CC(=O)N(CCC(=O)N(C)Cc1ccccc1)c1cccc(C)c1C. The zero-order valence-corrected chi connectivity index (χ0v) is 15.5. The summed E-state index contributed by atoms with van der Waals surface area (Å²) in [5.74, 6) is -0.0207. The van der Waals surface area contributed by atoms with Gasteiger partial charge in [0.15, 0.2) is 0 Å². The highest BCUT2D eigenvalue weighted by molar-refractivity contribution is 5.93.